The number of benzene rings is 1. The largest absolute Gasteiger partial charge is 0.465 e. The van der Waals surface area contributed by atoms with Gasteiger partial charge in [-0.3, -0.25) is 25.6 Å². The number of hydroxylamine groups is 2. The molecule has 2 atom stereocenters. The normalized spacial score (nSPS) is 21.0. The number of fused-ring (bicyclic) bond motifs is 2. The summed E-state index contributed by atoms with van der Waals surface area (Å²) in [6, 6.07) is 4.51. The maximum absolute atomic E-state index is 12.3. The van der Waals surface area contributed by atoms with Crippen molar-refractivity contribution in [2.45, 2.75) is 31.5 Å². The second-order valence-corrected chi connectivity index (χ2v) is 6.33. The summed E-state index contributed by atoms with van der Waals surface area (Å²) in [5.41, 5.74) is 5.54. The van der Waals surface area contributed by atoms with Crippen LogP contribution in [0.5, 0.6) is 0 Å². The van der Waals surface area contributed by atoms with Crippen LogP contribution in [-0.2, 0) is 11.3 Å². The van der Waals surface area contributed by atoms with Gasteiger partial charge in [-0.2, -0.15) is 0 Å². The van der Waals surface area contributed by atoms with Crippen LogP contribution in [0, 0.1) is 0 Å². The molecular formula is C16H19N5O6. The van der Waals surface area contributed by atoms with Crippen molar-refractivity contribution < 1.29 is 29.5 Å². The molecule has 2 bridgehead atoms. The first-order valence-electron chi connectivity index (χ1n) is 8.31. The number of urea groups is 1. The van der Waals surface area contributed by atoms with Crippen molar-refractivity contribution in [2.24, 2.45) is 0 Å². The summed E-state index contributed by atoms with van der Waals surface area (Å²) < 4.78 is 0. The molecule has 11 nitrogen and oxygen atoms in total. The lowest BCUT2D eigenvalue weighted by atomic mass is 10.0. The van der Waals surface area contributed by atoms with Gasteiger partial charge in [-0.25, -0.2) is 14.7 Å². The molecule has 144 valence electrons. The average Bonchev–Trinajstić information content (AvgIpc) is 2.89. The molecule has 2 fully saturated rings. The SMILES string of the molecule is O=C(O)NCc1ccc(C(=O)NNC(=O)C2CCC3CN2C(=O)N3O)cc1. The number of carboxylic acid groups (broad SMARTS) is 1. The van der Waals surface area contributed by atoms with Gasteiger partial charge < -0.3 is 15.3 Å². The zero-order valence-electron chi connectivity index (χ0n) is 14.2. The molecular weight excluding hydrogens is 358 g/mol. The fraction of sp³-hybridized carbons (Fsp3) is 0.375. The van der Waals surface area contributed by atoms with Crippen molar-refractivity contribution in [2.75, 3.05) is 6.54 Å². The van der Waals surface area contributed by atoms with Crippen LogP contribution >= 0.6 is 0 Å². The van der Waals surface area contributed by atoms with E-state index < -0.39 is 30.0 Å². The van der Waals surface area contributed by atoms with E-state index in [2.05, 4.69) is 16.2 Å². The maximum Gasteiger partial charge on any atom is 0.404 e. The number of amides is 5. The maximum atomic E-state index is 12.3. The first-order chi connectivity index (χ1) is 12.9. The van der Waals surface area contributed by atoms with Crippen molar-refractivity contribution in [3.63, 3.8) is 0 Å². The van der Waals surface area contributed by atoms with Gasteiger partial charge in [0.2, 0.25) is 0 Å². The highest BCUT2D eigenvalue weighted by molar-refractivity contribution is 5.96. The molecule has 1 aromatic carbocycles. The molecule has 0 radical (unpaired) electrons. The van der Waals surface area contributed by atoms with E-state index in [4.69, 9.17) is 5.11 Å². The summed E-state index contributed by atoms with van der Waals surface area (Å²) in [7, 11) is 0. The van der Waals surface area contributed by atoms with E-state index >= 15 is 0 Å². The van der Waals surface area contributed by atoms with Crippen LogP contribution in [0.1, 0.15) is 28.8 Å². The van der Waals surface area contributed by atoms with Crippen LogP contribution in [0.3, 0.4) is 0 Å². The monoisotopic (exact) mass is 377 g/mol. The van der Waals surface area contributed by atoms with Gasteiger partial charge in [0.15, 0.2) is 0 Å². The second-order valence-electron chi connectivity index (χ2n) is 6.33. The van der Waals surface area contributed by atoms with E-state index in [1.54, 1.807) is 12.1 Å². The summed E-state index contributed by atoms with van der Waals surface area (Å²) in [4.78, 5) is 48.0. The zero-order valence-corrected chi connectivity index (χ0v) is 14.2. The van der Waals surface area contributed by atoms with E-state index in [0.717, 1.165) is 0 Å². The van der Waals surface area contributed by atoms with Crippen molar-refractivity contribution >= 4 is 23.9 Å². The minimum Gasteiger partial charge on any atom is -0.465 e. The third kappa shape index (κ3) is 3.92. The van der Waals surface area contributed by atoms with E-state index in [-0.39, 0.29) is 24.7 Å². The molecule has 2 heterocycles. The van der Waals surface area contributed by atoms with Gasteiger partial charge in [-0.05, 0) is 30.5 Å². The first kappa shape index (κ1) is 18.5. The summed E-state index contributed by atoms with van der Waals surface area (Å²) >= 11 is 0. The van der Waals surface area contributed by atoms with E-state index in [1.165, 1.54) is 17.0 Å². The third-order valence-corrected chi connectivity index (χ3v) is 4.61. The molecule has 0 aromatic heterocycles. The summed E-state index contributed by atoms with van der Waals surface area (Å²) in [6.07, 6.45) is -0.258. The Bertz CT molecular complexity index is 767. The molecule has 1 aromatic rings. The zero-order chi connectivity index (χ0) is 19.6. The van der Waals surface area contributed by atoms with Crippen molar-refractivity contribution in [1.29, 1.82) is 0 Å². The first-order valence-corrected chi connectivity index (χ1v) is 8.31. The lowest BCUT2D eigenvalue weighted by molar-refractivity contribution is -0.126. The lowest BCUT2D eigenvalue weighted by Gasteiger charge is -2.29. The number of hydrogen-bond acceptors (Lipinski definition) is 5. The van der Waals surface area contributed by atoms with E-state index in [1.807, 2.05) is 0 Å². The van der Waals surface area contributed by atoms with Gasteiger partial charge in [-0.1, -0.05) is 12.1 Å². The van der Waals surface area contributed by atoms with E-state index in [0.29, 0.717) is 23.5 Å². The van der Waals surface area contributed by atoms with Gasteiger partial charge in [0.1, 0.15) is 6.04 Å². The number of hydrogen-bond donors (Lipinski definition) is 5. The minimum absolute atomic E-state index is 0.113. The molecule has 0 saturated carbocycles. The van der Waals surface area contributed by atoms with Gasteiger partial charge in [0.25, 0.3) is 11.8 Å². The molecule has 2 saturated heterocycles. The molecule has 5 amide bonds. The lowest BCUT2D eigenvalue weighted by Crippen LogP contribution is -2.54. The number of nitrogens with zero attached hydrogens (tertiary/aromatic N) is 2. The summed E-state index contributed by atoms with van der Waals surface area (Å²) in [5, 5.41) is 21.0. The topological polar surface area (TPSA) is 151 Å². The molecule has 27 heavy (non-hydrogen) atoms. The number of hydrazine groups is 1. The fourth-order valence-electron chi connectivity index (χ4n) is 3.15. The highest BCUT2D eigenvalue weighted by atomic mass is 16.5. The van der Waals surface area contributed by atoms with Crippen LogP contribution < -0.4 is 16.2 Å². The molecule has 0 aliphatic carbocycles. The van der Waals surface area contributed by atoms with Crippen LogP contribution in [-0.4, -0.2) is 62.8 Å². The molecule has 2 aliphatic heterocycles. The Morgan fingerprint density at radius 3 is 2.48 bits per heavy atom. The number of carbonyl (C=O) groups is 4. The molecule has 2 aliphatic rings. The molecule has 11 heteroatoms. The Kier molecular flexibility index (Phi) is 5.12. The summed E-state index contributed by atoms with van der Waals surface area (Å²) in [6.45, 7) is 0.385. The van der Waals surface area contributed by atoms with E-state index in [9.17, 15) is 24.4 Å². The van der Waals surface area contributed by atoms with Crippen LogP contribution in [0.15, 0.2) is 24.3 Å². The number of piperidine rings is 1. The Labute approximate surface area is 153 Å². The summed E-state index contributed by atoms with van der Waals surface area (Å²) in [5.74, 6) is -1.08. The van der Waals surface area contributed by atoms with Gasteiger partial charge in [-0.15, -0.1) is 0 Å². The highest BCUT2D eigenvalue weighted by Crippen LogP contribution is 2.28. The van der Waals surface area contributed by atoms with Crippen LogP contribution in [0.2, 0.25) is 0 Å². The standard InChI is InChI=1S/C16H19N5O6/c22-13(10-3-1-9(2-4-10)7-17-15(24)25)18-19-14(23)12-6-5-11-8-20(12)16(26)21(11)27/h1-4,11-12,17,27H,5-8H2,(H,18,22)(H,19,23)(H,24,25). The average molecular weight is 377 g/mol. The van der Waals surface area contributed by atoms with Crippen LogP contribution in [0.4, 0.5) is 9.59 Å². The highest BCUT2D eigenvalue weighted by Gasteiger charge is 2.46. The smallest absolute Gasteiger partial charge is 0.404 e. The molecule has 5 N–H and O–H groups in total. The molecule has 0 spiro atoms. The number of carbonyl (C=O) groups excluding carboxylic acids is 3. The number of nitrogens with one attached hydrogen (secondary N) is 3. The molecule has 3 rings (SSSR count). The Morgan fingerprint density at radius 2 is 1.81 bits per heavy atom. The predicted octanol–water partition coefficient (Wildman–Crippen LogP) is -0.127. The number of rotatable bonds is 4. The fourth-order valence-corrected chi connectivity index (χ4v) is 3.15. The molecule has 2 unspecified atom stereocenters. The Morgan fingerprint density at radius 1 is 1.11 bits per heavy atom. The van der Waals surface area contributed by atoms with Crippen molar-refractivity contribution in [3.05, 3.63) is 35.4 Å². The van der Waals surface area contributed by atoms with Crippen LogP contribution in [0.25, 0.3) is 0 Å². The van der Waals surface area contributed by atoms with Crippen molar-refractivity contribution in [1.82, 2.24) is 26.1 Å². The predicted molar refractivity (Wildman–Crippen MR) is 89.5 cm³/mol. The third-order valence-electron chi connectivity index (χ3n) is 4.61. The van der Waals surface area contributed by atoms with Gasteiger partial charge >= 0.3 is 12.1 Å². The van der Waals surface area contributed by atoms with Gasteiger partial charge in [0, 0.05) is 18.7 Å². The quantitative estimate of drug-likeness (QED) is 0.364. The Hall–Kier alpha value is -3.34. The minimum atomic E-state index is -1.14. The van der Waals surface area contributed by atoms with Crippen molar-refractivity contribution in [3.8, 4) is 0 Å². The second kappa shape index (κ2) is 7.50. The Balaban J connectivity index is 1.52. The van der Waals surface area contributed by atoms with Gasteiger partial charge in [0.05, 0.1) is 6.04 Å².